The maximum atomic E-state index is 5.13. The van der Waals surface area contributed by atoms with Crippen LogP contribution in [0.4, 0.5) is 0 Å². The third-order valence-electron chi connectivity index (χ3n) is 10.5. The highest BCUT2D eigenvalue weighted by molar-refractivity contribution is 7.26. The fourth-order valence-electron chi connectivity index (χ4n) is 7.97. The molecule has 0 spiro atoms. The molecule has 7 aromatic carbocycles. The molecule has 248 valence electrons. The van der Waals surface area contributed by atoms with Crippen LogP contribution in [0.5, 0.6) is 0 Å². The molecular formula is C48H30N4S. The summed E-state index contributed by atoms with van der Waals surface area (Å²) in [5.41, 5.74) is 12.4. The fraction of sp³-hybridized carbons (Fsp3) is 0. The summed E-state index contributed by atoms with van der Waals surface area (Å²) in [5.74, 6) is 0.912. The molecule has 4 aromatic heterocycles. The standard InChI is InChI=1S/C48H30N4S/c1-4-15-43-38(10-1)41-29-33(37-12-7-13-40-39-11-2-6-17-46(39)53-47(37)40)22-27-44(41)51(43)35-23-25-36(26-24-35)52-45-16-5-3-14-42(45)50-48(52)32-20-18-31(19-21-32)34-9-8-28-49-30-34/h1-30H. The fourth-order valence-corrected chi connectivity index (χ4v) is 9.21. The van der Waals surface area contributed by atoms with E-state index in [9.17, 15) is 0 Å². The Kier molecular flexibility index (Phi) is 6.69. The summed E-state index contributed by atoms with van der Waals surface area (Å²) < 4.78 is 7.32. The molecule has 4 nitrogen and oxygen atoms in total. The van der Waals surface area contributed by atoms with Crippen molar-refractivity contribution < 1.29 is 0 Å². The van der Waals surface area contributed by atoms with Gasteiger partial charge in [0.05, 0.1) is 22.1 Å². The molecule has 0 aliphatic heterocycles. The lowest BCUT2D eigenvalue weighted by Gasteiger charge is -2.13. The number of nitrogens with zero attached hydrogens (tertiary/aromatic N) is 4. The summed E-state index contributed by atoms with van der Waals surface area (Å²) in [5, 5.41) is 5.14. The number of pyridine rings is 1. The van der Waals surface area contributed by atoms with E-state index in [1.54, 1.807) is 6.20 Å². The summed E-state index contributed by atoms with van der Waals surface area (Å²) in [6.45, 7) is 0. The quantitative estimate of drug-likeness (QED) is 0.180. The van der Waals surface area contributed by atoms with Crippen LogP contribution in [-0.4, -0.2) is 19.1 Å². The number of para-hydroxylation sites is 3. The number of thiophene rings is 1. The van der Waals surface area contributed by atoms with Crippen LogP contribution in [0.1, 0.15) is 0 Å². The van der Waals surface area contributed by atoms with Gasteiger partial charge in [0.25, 0.3) is 0 Å². The van der Waals surface area contributed by atoms with Crippen molar-refractivity contribution in [2.24, 2.45) is 0 Å². The van der Waals surface area contributed by atoms with Gasteiger partial charge in [0.15, 0.2) is 0 Å². The number of imidazole rings is 1. The van der Waals surface area contributed by atoms with Crippen molar-refractivity contribution in [3.05, 3.63) is 182 Å². The smallest absolute Gasteiger partial charge is 0.145 e. The Morgan fingerprint density at radius 1 is 0.434 bits per heavy atom. The molecule has 53 heavy (non-hydrogen) atoms. The Labute approximate surface area is 309 Å². The Balaban J connectivity index is 1.02. The molecule has 11 rings (SSSR count). The zero-order valence-electron chi connectivity index (χ0n) is 28.5. The van der Waals surface area contributed by atoms with Gasteiger partial charge in [-0.15, -0.1) is 11.3 Å². The highest BCUT2D eigenvalue weighted by atomic mass is 32.1. The summed E-state index contributed by atoms with van der Waals surface area (Å²) in [7, 11) is 0. The highest BCUT2D eigenvalue weighted by Gasteiger charge is 2.18. The molecule has 0 saturated carbocycles. The van der Waals surface area contributed by atoms with E-state index in [2.05, 4.69) is 178 Å². The number of benzene rings is 7. The Morgan fingerprint density at radius 3 is 1.94 bits per heavy atom. The number of hydrogen-bond donors (Lipinski definition) is 0. The van der Waals surface area contributed by atoms with E-state index in [4.69, 9.17) is 4.98 Å². The van der Waals surface area contributed by atoms with Gasteiger partial charge in [-0.25, -0.2) is 4.98 Å². The average Bonchev–Trinajstić information content (AvgIpc) is 3.91. The second-order valence-electron chi connectivity index (χ2n) is 13.5. The van der Waals surface area contributed by atoms with Crippen molar-refractivity contribution in [2.45, 2.75) is 0 Å². The van der Waals surface area contributed by atoms with E-state index in [0.29, 0.717) is 0 Å². The minimum atomic E-state index is 0.912. The molecule has 0 atom stereocenters. The lowest BCUT2D eigenvalue weighted by Crippen LogP contribution is -1.99. The molecule has 0 bridgehead atoms. The minimum Gasteiger partial charge on any atom is -0.309 e. The van der Waals surface area contributed by atoms with Gasteiger partial charge in [-0.1, -0.05) is 103 Å². The maximum absolute atomic E-state index is 5.13. The van der Waals surface area contributed by atoms with Gasteiger partial charge >= 0.3 is 0 Å². The molecule has 5 heteroatoms. The topological polar surface area (TPSA) is 35.6 Å². The predicted molar refractivity (Wildman–Crippen MR) is 222 cm³/mol. The van der Waals surface area contributed by atoms with Crippen molar-refractivity contribution in [1.82, 2.24) is 19.1 Å². The molecule has 4 heterocycles. The van der Waals surface area contributed by atoms with Crippen molar-refractivity contribution in [2.75, 3.05) is 0 Å². The second-order valence-corrected chi connectivity index (χ2v) is 14.5. The highest BCUT2D eigenvalue weighted by Crippen LogP contribution is 2.42. The van der Waals surface area contributed by atoms with Gasteiger partial charge in [0.2, 0.25) is 0 Å². The maximum Gasteiger partial charge on any atom is 0.145 e. The summed E-state index contributed by atoms with van der Waals surface area (Å²) >= 11 is 1.88. The van der Waals surface area contributed by atoms with Crippen molar-refractivity contribution >= 4 is 64.3 Å². The van der Waals surface area contributed by atoms with Crippen LogP contribution in [-0.2, 0) is 0 Å². The van der Waals surface area contributed by atoms with E-state index in [1.807, 2.05) is 23.6 Å². The number of aromatic nitrogens is 4. The molecule has 0 aliphatic rings. The van der Waals surface area contributed by atoms with Gasteiger partial charge < -0.3 is 4.57 Å². The molecule has 0 unspecified atom stereocenters. The molecule has 0 N–H and O–H groups in total. The first kappa shape index (κ1) is 29.9. The minimum absolute atomic E-state index is 0.912. The summed E-state index contributed by atoms with van der Waals surface area (Å²) in [4.78, 5) is 9.42. The zero-order chi connectivity index (χ0) is 34.9. The SMILES string of the molecule is c1cncc(-c2ccc(-c3nc4ccccc4n3-c3ccc(-n4c5ccccc5c5cc(-c6cccc7c6sc6ccccc67)ccc54)cc3)cc2)c1. The average molecular weight is 695 g/mol. The van der Waals surface area contributed by atoms with Crippen LogP contribution in [0.25, 0.3) is 98.0 Å². The van der Waals surface area contributed by atoms with Crippen LogP contribution in [0, 0.1) is 0 Å². The third-order valence-corrected chi connectivity index (χ3v) is 11.7. The zero-order valence-corrected chi connectivity index (χ0v) is 29.3. The van der Waals surface area contributed by atoms with Crippen LogP contribution in [0.3, 0.4) is 0 Å². The van der Waals surface area contributed by atoms with E-state index in [0.717, 1.165) is 44.9 Å². The Bertz CT molecular complexity index is 3150. The first-order valence-corrected chi connectivity index (χ1v) is 18.6. The second kappa shape index (κ2) is 11.9. The molecule has 0 aliphatic carbocycles. The monoisotopic (exact) mass is 694 g/mol. The molecule has 0 fully saturated rings. The first-order chi connectivity index (χ1) is 26.3. The first-order valence-electron chi connectivity index (χ1n) is 17.8. The van der Waals surface area contributed by atoms with Gasteiger partial charge in [-0.05, 0) is 89.0 Å². The Hall–Kier alpha value is -6.82. The lowest BCUT2D eigenvalue weighted by atomic mass is 10.0. The lowest BCUT2D eigenvalue weighted by molar-refractivity contribution is 1.09. The number of rotatable bonds is 5. The molecule has 11 aromatic rings. The number of hydrogen-bond acceptors (Lipinski definition) is 3. The number of fused-ring (bicyclic) bond motifs is 7. The van der Waals surface area contributed by atoms with Crippen LogP contribution >= 0.6 is 11.3 Å². The normalized spacial score (nSPS) is 11.8. The van der Waals surface area contributed by atoms with Gasteiger partial charge in [0, 0.05) is 60.3 Å². The molecule has 0 radical (unpaired) electrons. The summed E-state index contributed by atoms with van der Waals surface area (Å²) in [6, 6.07) is 61.1. The molecular weight excluding hydrogens is 665 g/mol. The predicted octanol–water partition coefficient (Wildman–Crippen LogP) is 12.9. The van der Waals surface area contributed by atoms with Gasteiger partial charge in [-0.3, -0.25) is 9.55 Å². The Morgan fingerprint density at radius 2 is 1.11 bits per heavy atom. The van der Waals surface area contributed by atoms with E-state index >= 15 is 0 Å². The van der Waals surface area contributed by atoms with Crippen molar-refractivity contribution in [3.8, 4) is 45.0 Å². The van der Waals surface area contributed by atoms with Gasteiger partial charge in [0.1, 0.15) is 5.82 Å². The van der Waals surface area contributed by atoms with Crippen molar-refractivity contribution in [3.63, 3.8) is 0 Å². The van der Waals surface area contributed by atoms with Crippen molar-refractivity contribution in [1.29, 1.82) is 0 Å². The van der Waals surface area contributed by atoms with Crippen LogP contribution in [0.2, 0.25) is 0 Å². The molecule has 0 saturated heterocycles. The molecule has 0 amide bonds. The van der Waals surface area contributed by atoms with E-state index in [1.165, 1.54) is 53.1 Å². The van der Waals surface area contributed by atoms with E-state index in [-0.39, 0.29) is 0 Å². The largest absolute Gasteiger partial charge is 0.309 e. The summed E-state index contributed by atoms with van der Waals surface area (Å²) in [6.07, 6.45) is 3.70. The van der Waals surface area contributed by atoms with Crippen LogP contribution < -0.4 is 0 Å². The van der Waals surface area contributed by atoms with Crippen LogP contribution in [0.15, 0.2) is 182 Å². The van der Waals surface area contributed by atoms with E-state index < -0.39 is 0 Å². The third kappa shape index (κ3) is 4.75. The van der Waals surface area contributed by atoms with Gasteiger partial charge in [-0.2, -0.15) is 0 Å².